The summed E-state index contributed by atoms with van der Waals surface area (Å²) in [7, 11) is 0. The van der Waals surface area contributed by atoms with Crippen LogP contribution in [0.2, 0.25) is 0 Å². The first-order valence-electron chi connectivity index (χ1n) is 21.9. The lowest BCUT2D eigenvalue weighted by Crippen LogP contribution is -2.70. The topological polar surface area (TPSA) is 145 Å². The van der Waals surface area contributed by atoms with Crippen LogP contribution >= 0.6 is 0 Å². The third-order valence-electron chi connectivity index (χ3n) is 12.5. The van der Waals surface area contributed by atoms with Gasteiger partial charge in [-0.25, -0.2) is 33.1 Å². The number of carbonyl (C=O) groups is 3. The number of hydrogen-bond acceptors (Lipinski definition) is 11. The average molecular weight is 925 g/mol. The number of piperazine rings is 1. The largest absolute Gasteiger partial charge is 0.573 e. The first-order valence-corrected chi connectivity index (χ1v) is 21.9. The highest BCUT2D eigenvalue weighted by molar-refractivity contribution is 6.02. The molecule has 0 unspecified atom stereocenters. The van der Waals surface area contributed by atoms with Crippen LogP contribution in [0, 0.1) is 18.6 Å². The van der Waals surface area contributed by atoms with E-state index in [1.54, 1.807) is 60.3 Å². The maximum atomic E-state index is 17.9. The molecule has 8 rings (SSSR count). The number of aryl methyl sites for hydroxylation is 1. The number of benzene rings is 2. The van der Waals surface area contributed by atoms with E-state index in [0.717, 1.165) is 11.6 Å². The van der Waals surface area contributed by atoms with Crippen LogP contribution in [0.3, 0.4) is 0 Å². The van der Waals surface area contributed by atoms with Crippen molar-refractivity contribution >= 4 is 40.6 Å². The second kappa shape index (κ2) is 16.6. The number of rotatable bonds is 7. The maximum absolute atomic E-state index is 17.9. The van der Waals surface area contributed by atoms with Crippen LogP contribution in [-0.4, -0.2) is 99.0 Å². The van der Waals surface area contributed by atoms with Gasteiger partial charge in [-0.2, -0.15) is 0 Å². The summed E-state index contributed by atoms with van der Waals surface area (Å²) >= 11 is 0. The van der Waals surface area contributed by atoms with E-state index in [1.807, 2.05) is 42.2 Å². The van der Waals surface area contributed by atoms with Crippen LogP contribution in [0.25, 0.3) is 22.0 Å². The van der Waals surface area contributed by atoms with E-state index in [-0.39, 0.29) is 60.0 Å². The molecule has 4 aliphatic heterocycles. The lowest BCUT2D eigenvalue weighted by atomic mass is 9.88. The number of hydrogen-bond donors (Lipinski definition) is 1. The summed E-state index contributed by atoms with van der Waals surface area (Å²) in [5.74, 6) is -4.53. The Hall–Kier alpha value is -6.14. The number of likely N-dealkylation sites (tertiary alicyclic amines) is 1. The van der Waals surface area contributed by atoms with Crippen molar-refractivity contribution < 1.29 is 60.0 Å². The summed E-state index contributed by atoms with van der Waals surface area (Å²) in [5, 5.41) is 2.30. The molecule has 1 N–H and O–H groups in total. The summed E-state index contributed by atoms with van der Waals surface area (Å²) in [6.07, 6.45) is -6.64. The molecule has 6 heterocycles. The molecule has 2 bridgehead atoms. The van der Waals surface area contributed by atoms with Gasteiger partial charge in [0.1, 0.15) is 35.4 Å². The Morgan fingerprint density at radius 2 is 1.62 bits per heavy atom. The normalized spacial score (nSPS) is 21.7. The number of fused-ring (bicyclic) bond motifs is 5. The zero-order valence-corrected chi connectivity index (χ0v) is 38.2. The Kier molecular flexibility index (Phi) is 11.7. The molecule has 0 radical (unpaired) electrons. The number of anilines is 2. The zero-order valence-electron chi connectivity index (χ0n) is 38.2. The van der Waals surface area contributed by atoms with Crippen molar-refractivity contribution in [1.29, 1.82) is 0 Å². The van der Waals surface area contributed by atoms with E-state index in [1.165, 1.54) is 4.90 Å². The molecule has 14 nitrogen and oxygen atoms in total. The van der Waals surface area contributed by atoms with Gasteiger partial charge in [0.05, 0.1) is 34.3 Å². The summed E-state index contributed by atoms with van der Waals surface area (Å²) in [5.41, 5.74) is -3.02. The van der Waals surface area contributed by atoms with Gasteiger partial charge in [0, 0.05) is 42.7 Å². The molecule has 2 aromatic heterocycles. The first-order chi connectivity index (χ1) is 30.9. The van der Waals surface area contributed by atoms with E-state index in [4.69, 9.17) is 23.9 Å². The van der Waals surface area contributed by atoms with Crippen molar-refractivity contribution in [3.05, 3.63) is 70.9 Å². The number of halogens is 5. The van der Waals surface area contributed by atoms with E-state index in [9.17, 15) is 27.6 Å². The fraction of sp³-hybridized carbons (Fsp3) is 0.511. The van der Waals surface area contributed by atoms with Crippen molar-refractivity contribution in [3.8, 4) is 22.9 Å². The van der Waals surface area contributed by atoms with Crippen molar-refractivity contribution in [2.75, 3.05) is 29.9 Å². The Bertz CT molecular complexity index is 2580. The highest BCUT2D eigenvalue weighted by atomic mass is 19.4. The Balaban J connectivity index is 1.29. The minimum Gasteiger partial charge on any atom is -0.472 e. The molecule has 66 heavy (non-hydrogen) atoms. The van der Waals surface area contributed by atoms with Crippen LogP contribution in [0.4, 0.5) is 47.8 Å². The summed E-state index contributed by atoms with van der Waals surface area (Å²) in [4.78, 5) is 55.2. The Labute approximate surface area is 378 Å². The van der Waals surface area contributed by atoms with Gasteiger partial charge in [-0.15, -0.1) is 13.2 Å². The number of ether oxygens (including phenoxy) is 5. The predicted molar refractivity (Wildman–Crippen MR) is 232 cm³/mol. The van der Waals surface area contributed by atoms with Gasteiger partial charge in [0.15, 0.2) is 17.4 Å². The van der Waals surface area contributed by atoms with Gasteiger partial charge in [-0.1, -0.05) is 37.3 Å². The number of alkyl halides is 3. The second-order valence-corrected chi connectivity index (χ2v) is 19.4. The van der Waals surface area contributed by atoms with Gasteiger partial charge in [-0.05, 0) is 91.8 Å². The number of pyridine rings is 2. The lowest BCUT2D eigenvalue weighted by molar-refractivity contribution is -0.275. The first kappa shape index (κ1) is 46.4. The molecule has 4 aliphatic rings. The third-order valence-corrected chi connectivity index (χ3v) is 12.5. The van der Waals surface area contributed by atoms with Crippen molar-refractivity contribution in [1.82, 2.24) is 19.8 Å². The lowest BCUT2D eigenvalue weighted by Gasteiger charge is -2.53. The van der Waals surface area contributed by atoms with E-state index >= 15 is 8.78 Å². The van der Waals surface area contributed by atoms with Crippen LogP contribution in [0.1, 0.15) is 97.4 Å². The predicted octanol–water partition coefficient (Wildman–Crippen LogP) is 10.4. The fourth-order valence-electron chi connectivity index (χ4n) is 9.70. The molecule has 4 aromatic rings. The molecule has 2 aromatic carbocycles. The Morgan fingerprint density at radius 3 is 2.26 bits per heavy atom. The van der Waals surface area contributed by atoms with Crippen molar-refractivity contribution in [2.24, 2.45) is 0 Å². The molecule has 3 amide bonds. The SMILES string of the molecule is CC[C@@]12CC[C@@H]([C@H]3[C@H](C)Oc4nc(-c5cc(NC(=O)OC(C)(C)C)cc(F)c5OC(F)(F)F)c(F)c5c(C)c(C6CN(C(=O)OCc7ccccc7)C6)nc(c45)N3C1)N2C(=O)OC(C)(C)C. The van der Waals surface area contributed by atoms with Gasteiger partial charge in [0.2, 0.25) is 5.88 Å². The number of nitrogens with one attached hydrogen (secondary N) is 1. The minimum absolute atomic E-state index is 0.0479. The molecule has 0 aliphatic carbocycles. The van der Waals surface area contributed by atoms with Gasteiger partial charge in [-0.3, -0.25) is 10.2 Å². The van der Waals surface area contributed by atoms with E-state index in [2.05, 4.69) is 15.0 Å². The average Bonchev–Trinajstić information content (AvgIpc) is 3.40. The summed E-state index contributed by atoms with van der Waals surface area (Å²) in [6.45, 7) is 16.0. The highest BCUT2D eigenvalue weighted by Gasteiger charge is 2.60. The molecule has 3 saturated heterocycles. The van der Waals surface area contributed by atoms with Gasteiger partial charge in [0.25, 0.3) is 0 Å². The number of amides is 3. The van der Waals surface area contributed by atoms with E-state index in [0.29, 0.717) is 31.0 Å². The highest BCUT2D eigenvalue weighted by Crippen LogP contribution is 2.53. The van der Waals surface area contributed by atoms with Crippen molar-refractivity contribution in [2.45, 2.75) is 135 Å². The van der Waals surface area contributed by atoms with Crippen LogP contribution in [-0.2, 0) is 20.8 Å². The Morgan fingerprint density at radius 1 is 0.939 bits per heavy atom. The second-order valence-electron chi connectivity index (χ2n) is 19.4. The molecule has 4 atom stereocenters. The minimum atomic E-state index is -5.43. The monoisotopic (exact) mass is 924 g/mol. The molecular formula is C47H53F5N6O8. The molecule has 3 fully saturated rings. The van der Waals surface area contributed by atoms with Crippen LogP contribution < -0.4 is 19.7 Å². The molecule has 0 saturated carbocycles. The maximum Gasteiger partial charge on any atom is 0.573 e. The van der Waals surface area contributed by atoms with Crippen LogP contribution in [0.5, 0.6) is 11.6 Å². The van der Waals surface area contributed by atoms with Gasteiger partial charge < -0.3 is 33.5 Å². The smallest absolute Gasteiger partial charge is 0.472 e. The van der Waals surface area contributed by atoms with Crippen LogP contribution in [0.15, 0.2) is 42.5 Å². The summed E-state index contributed by atoms with van der Waals surface area (Å²) < 4.78 is 104. The summed E-state index contributed by atoms with van der Waals surface area (Å²) in [6, 6.07) is 9.57. The van der Waals surface area contributed by atoms with Gasteiger partial charge >= 0.3 is 24.6 Å². The molecular weight excluding hydrogens is 872 g/mol. The fourth-order valence-corrected chi connectivity index (χ4v) is 9.70. The number of nitrogens with zero attached hydrogens (tertiary/aromatic N) is 5. The number of aromatic nitrogens is 2. The zero-order chi connectivity index (χ0) is 47.8. The standard InChI is InChI=1S/C47H53F5N6O8/c1-10-46-17-16-31(58(46)43(61)66-45(7,8)9)37-25(3)63-40-33-32(24(2)35(54-39(33)57(37)23-46)27-20-56(21-27)42(60)62-22-26-14-12-11-13-15-26)34(49)36(55-40)29-18-28(53-41(59)65-44(4,5)6)19-30(48)38(29)64-47(50,51)52/h11-15,18-19,25,27,31,37H,10,16-17,20-23H2,1-9H3,(H,53,59)/t25-,31-,37+,46+/m0/s1. The third kappa shape index (κ3) is 8.79. The molecule has 0 spiro atoms. The number of carbonyl (C=O) groups excluding carboxylic acids is 3. The van der Waals surface area contributed by atoms with E-state index < -0.39 is 94.1 Å². The quantitative estimate of drug-likeness (QED) is 0.140. The molecule has 19 heteroatoms. The van der Waals surface area contributed by atoms with Crippen molar-refractivity contribution in [3.63, 3.8) is 0 Å². The molecule has 354 valence electrons.